The van der Waals surface area contributed by atoms with Crippen LogP contribution in [0, 0.1) is 22.9 Å². The fourth-order valence-corrected chi connectivity index (χ4v) is 2.21. The van der Waals surface area contributed by atoms with Crippen LogP contribution in [0.3, 0.4) is 0 Å². The second-order valence-corrected chi connectivity index (χ2v) is 5.13. The van der Waals surface area contributed by atoms with E-state index in [0.717, 1.165) is 5.56 Å². The molecule has 2 aromatic carbocycles. The third-order valence-electron chi connectivity index (χ3n) is 2.70. The Hall–Kier alpha value is -2.15. The molecule has 0 aliphatic carbocycles. The van der Waals surface area contributed by atoms with Crippen LogP contribution in [0.5, 0.6) is 0 Å². The number of nitro groups is 1. The molecule has 0 heterocycles. The van der Waals surface area contributed by atoms with Crippen LogP contribution in [0.25, 0.3) is 0 Å². The van der Waals surface area contributed by atoms with E-state index >= 15 is 0 Å². The molecule has 0 bridgehead atoms. The van der Waals surface area contributed by atoms with Crippen LogP contribution in [0.15, 0.2) is 34.8 Å². The molecule has 2 rings (SSSR count). The van der Waals surface area contributed by atoms with Crippen molar-refractivity contribution >= 4 is 38.7 Å². The van der Waals surface area contributed by atoms with E-state index in [2.05, 4.69) is 21.2 Å². The van der Waals surface area contributed by atoms with Gasteiger partial charge >= 0.3 is 0 Å². The van der Waals surface area contributed by atoms with Crippen molar-refractivity contribution < 1.29 is 9.31 Å². The van der Waals surface area contributed by atoms with E-state index in [1.165, 1.54) is 18.2 Å². The summed E-state index contributed by atoms with van der Waals surface area (Å²) < 4.78 is 13.9. The van der Waals surface area contributed by atoms with Crippen molar-refractivity contribution in [3.8, 4) is 0 Å². The SMILES string of the molecule is Cc1cc(Br)c(F)cc1Nc1cc(N)cc([N+](=O)[O-])c1. The maximum absolute atomic E-state index is 13.5. The van der Waals surface area contributed by atoms with Crippen molar-refractivity contribution in [1.82, 2.24) is 0 Å². The van der Waals surface area contributed by atoms with Crippen LogP contribution in [-0.2, 0) is 0 Å². The number of nitro benzene ring substituents is 1. The lowest BCUT2D eigenvalue weighted by Gasteiger charge is -2.11. The predicted octanol–water partition coefficient (Wildman–Crippen LogP) is 4.13. The van der Waals surface area contributed by atoms with Crippen molar-refractivity contribution in [2.45, 2.75) is 6.92 Å². The van der Waals surface area contributed by atoms with Gasteiger partial charge in [0, 0.05) is 29.2 Å². The van der Waals surface area contributed by atoms with E-state index in [4.69, 9.17) is 5.73 Å². The van der Waals surface area contributed by atoms with Gasteiger partial charge in [-0.1, -0.05) is 0 Å². The van der Waals surface area contributed by atoms with E-state index in [0.29, 0.717) is 15.8 Å². The van der Waals surface area contributed by atoms with Gasteiger partial charge in [-0.25, -0.2) is 4.39 Å². The normalized spacial score (nSPS) is 10.3. The zero-order valence-electron chi connectivity index (χ0n) is 10.5. The summed E-state index contributed by atoms with van der Waals surface area (Å²) in [5.41, 5.74) is 7.50. The first-order valence-electron chi connectivity index (χ1n) is 5.64. The van der Waals surface area contributed by atoms with Crippen molar-refractivity contribution in [3.63, 3.8) is 0 Å². The molecule has 0 aliphatic heterocycles. The second-order valence-electron chi connectivity index (χ2n) is 4.28. The number of halogens is 2. The summed E-state index contributed by atoms with van der Waals surface area (Å²) in [5.74, 6) is -0.420. The van der Waals surface area contributed by atoms with Crippen LogP contribution in [-0.4, -0.2) is 4.92 Å². The first-order valence-corrected chi connectivity index (χ1v) is 6.44. The number of hydrogen-bond acceptors (Lipinski definition) is 4. The summed E-state index contributed by atoms with van der Waals surface area (Å²) in [5, 5.41) is 13.7. The van der Waals surface area contributed by atoms with Gasteiger partial charge in [-0.15, -0.1) is 0 Å². The Morgan fingerprint density at radius 3 is 2.65 bits per heavy atom. The Labute approximate surface area is 122 Å². The largest absolute Gasteiger partial charge is 0.398 e. The summed E-state index contributed by atoms with van der Waals surface area (Å²) in [6, 6.07) is 7.09. The van der Waals surface area contributed by atoms with Crippen LogP contribution < -0.4 is 11.1 Å². The molecule has 3 N–H and O–H groups in total. The van der Waals surface area contributed by atoms with Crippen molar-refractivity contribution in [2.75, 3.05) is 11.1 Å². The van der Waals surface area contributed by atoms with Crippen LogP contribution >= 0.6 is 15.9 Å². The molecule has 0 fully saturated rings. The number of nitrogen functional groups attached to an aromatic ring is 1. The third kappa shape index (κ3) is 3.05. The van der Waals surface area contributed by atoms with Gasteiger partial charge in [0.05, 0.1) is 9.40 Å². The fourth-order valence-electron chi connectivity index (χ4n) is 1.75. The standard InChI is InChI=1S/C13H11BrFN3O2/c1-7-2-11(14)12(15)6-13(7)17-9-3-8(16)4-10(5-9)18(19)20/h2-6,17H,16H2,1H3. The average Bonchev–Trinajstić information content (AvgIpc) is 2.35. The average molecular weight is 340 g/mol. The summed E-state index contributed by atoms with van der Waals surface area (Å²) >= 11 is 3.10. The van der Waals surface area contributed by atoms with Gasteiger partial charge in [0.25, 0.3) is 5.69 Å². The van der Waals surface area contributed by atoms with E-state index < -0.39 is 10.7 Å². The number of nitrogens with one attached hydrogen (secondary N) is 1. The minimum absolute atomic E-state index is 0.122. The quantitative estimate of drug-likeness (QED) is 0.500. The number of anilines is 3. The lowest BCUT2D eigenvalue weighted by molar-refractivity contribution is -0.384. The molecule has 20 heavy (non-hydrogen) atoms. The summed E-state index contributed by atoms with van der Waals surface area (Å²) in [6.45, 7) is 1.80. The van der Waals surface area contributed by atoms with Gasteiger partial charge in [-0.2, -0.15) is 0 Å². The summed E-state index contributed by atoms with van der Waals surface area (Å²) in [4.78, 5) is 10.2. The molecule has 2 aromatic rings. The highest BCUT2D eigenvalue weighted by Gasteiger charge is 2.10. The van der Waals surface area contributed by atoms with Gasteiger partial charge in [0.1, 0.15) is 5.82 Å². The zero-order valence-corrected chi connectivity index (χ0v) is 12.1. The molecule has 5 nitrogen and oxygen atoms in total. The number of nitrogens with two attached hydrogens (primary N) is 1. The number of benzene rings is 2. The highest BCUT2D eigenvalue weighted by Crippen LogP contribution is 2.29. The monoisotopic (exact) mass is 339 g/mol. The van der Waals surface area contributed by atoms with E-state index in [1.54, 1.807) is 19.1 Å². The van der Waals surface area contributed by atoms with E-state index in [9.17, 15) is 14.5 Å². The minimum atomic E-state index is -0.531. The Morgan fingerprint density at radius 1 is 1.30 bits per heavy atom. The van der Waals surface area contributed by atoms with Gasteiger partial charge < -0.3 is 11.1 Å². The number of rotatable bonds is 3. The molecule has 0 radical (unpaired) electrons. The zero-order chi connectivity index (χ0) is 14.9. The number of aryl methyl sites for hydroxylation is 1. The molecule has 0 saturated carbocycles. The molecular weight excluding hydrogens is 329 g/mol. The Kier molecular flexibility index (Phi) is 3.89. The molecule has 104 valence electrons. The lowest BCUT2D eigenvalue weighted by atomic mass is 10.1. The minimum Gasteiger partial charge on any atom is -0.398 e. The molecule has 0 spiro atoms. The Balaban J connectivity index is 2.40. The highest BCUT2D eigenvalue weighted by molar-refractivity contribution is 9.10. The third-order valence-corrected chi connectivity index (χ3v) is 3.30. The topological polar surface area (TPSA) is 81.2 Å². The molecule has 0 saturated heterocycles. The van der Waals surface area contributed by atoms with Crippen molar-refractivity contribution in [1.29, 1.82) is 0 Å². The Morgan fingerprint density at radius 2 is 2.00 bits per heavy atom. The summed E-state index contributed by atoms with van der Waals surface area (Å²) in [7, 11) is 0. The van der Waals surface area contributed by atoms with Crippen LogP contribution in [0.1, 0.15) is 5.56 Å². The van der Waals surface area contributed by atoms with Crippen molar-refractivity contribution in [2.24, 2.45) is 0 Å². The first-order chi connectivity index (χ1) is 9.36. The van der Waals surface area contributed by atoms with E-state index in [-0.39, 0.29) is 11.4 Å². The maximum atomic E-state index is 13.5. The van der Waals surface area contributed by atoms with Crippen molar-refractivity contribution in [3.05, 3.63) is 56.3 Å². The Bertz CT molecular complexity index is 692. The number of nitrogens with zero attached hydrogens (tertiary/aromatic N) is 1. The fraction of sp³-hybridized carbons (Fsp3) is 0.0769. The molecule has 7 heteroatoms. The lowest BCUT2D eigenvalue weighted by Crippen LogP contribution is -1.98. The van der Waals surface area contributed by atoms with Gasteiger partial charge in [0.2, 0.25) is 0 Å². The molecule has 0 amide bonds. The smallest absolute Gasteiger partial charge is 0.273 e. The molecule has 0 atom stereocenters. The predicted molar refractivity (Wildman–Crippen MR) is 79.6 cm³/mol. The molecule has 0 aliphatic rings. The maximum Gasteiger partial charge on any atom is 0.273 e. The van der Waals surface area contributed by atoms with Gasteiger partial charge in [-0.3, -0.25) is 10.1 Å². The van der Waals surface area contributed by atoms with Gasteiger partial charge in [0.15, 0.2) is 0 Å². The van der Waals surface area contributed by atoms with Gasteiger partial charge in [-0.05, 0) is 46.6 Å². The first kappa shape index (κ1) is 14.3. The number of hydrogen-bond donors (Lipinski definition) is 2. The van der Waals surface area contributed by atoms with E-state index in [1.807, 2.05) is 0 Å². The van der Waals surface area contributed by atoms with Crippen LogP contribution in [0.2, 0.25) is 0 Å². The number of non-ortho nitro benzene ring substituents is 1. The van der Waals surface area contributed by atoms with Crippen LogP contribution in [0.4, 0.5) is 27.1 Å². The molecular formula is C13H11BrFN3O2. The molecule has 0 unspecified atom stereocenters. The molecule has 0 aromatic heterocycles. The summed E-state index contributed by atoms with van der Waals surface area (Å²) in [6.07, 6.45) is 0. The second kappa shape index (κ2) is 5.46. The highest BCUT2D eigenvalue weighted by atomic mass is 79.9.